The third-order valence-corrected chi connectivity index (χ3v) is 4.63. The highest BCUT2D eigenvalue weighted by Gasteiger charge is 2.60. The fourth-order valence-corrected chi connectivity index (χ4v) is 3.83. The smallest absolute Gasteiger partial charge is 0.238 e. The van der Waals surface area contributed by atoms with Gasteiger partial charge in [-0.3, -0.25) is 9.59 Å². The van der Waals surface area contributed by atoms with Crippen molar-refractivity contribution in [1.29, 1.82) is 0 Å². The maximum Gasteiger partial charge on any atom is 0.238 e. The first kappa shape index (κ1) is 11.8. The van der Waals surface area contributed by atoms with E-state index in [9.17, 15) is 18.4 Å². The van der Waals surface area contributed by atoms with Crippen LogP contribution in [0.2, 0.25) is 0 Å². The van der Waals surface area contributed by atoms with Crippen molar-refractivity contribution in [2.75, 3.05) is 4.90 Å². The third kappa shape index (κ3) is 1.27. The van der Waals surface area contributed by atoms with Crippen molar-refractivity contribution in [2.24, 2.45) is 23.7 Å². The Morgan fingerprint density at radius 2 is 1.45 bits per heavy atom. The first-order valence-electron chi connectivity index (χ1n) is 6.59. The van der Waals surface area contributed by atoms with Gasteiger partial charge in [0, 0.05) is 0 Å². The topological polar surface area (TPSA) is 37.4 Å². The average Bonchev–Trinajstić information content (AvgIpc) is 3.07. The van der Waals surface area contributed by atoms with Crippen molar-refractivity contribution in [2.45, 2.75) is 6.42 Å². The van der Waals surface area contributed by atoms with Crippen LogP contribution < -0.4 is 4.90 Å². The number of benzene rings is 1. The fourth-order valence-electron chi connectivity index (χ4n) is 3.83. The highest BCUT2D eigenvalue weighted by Crippen LogP contribution is 2.53. The number of hydrogen-bond donors (Lipinski definition) is 0. The summed E-state index contributed by atoms with van der Waals surface area (Å²) in [6.07, 6.45) is 4.68. The molecular weight excluding hydrogens is 264 g/mol. The van der Waals surface area contributed by atoms with Crippen LogP contribution in [-0.4, -0.2) is 11.8 Å². The van der Waals surface area contributed by atoms with Gasteiger partial charge in [0.1, 0.15) is 17.3 Å². The lowest BCUT2D eigenvalue weighted by Gasteiger charge is -2.18. The number of imide groups is 1. The molecule has 4 rings (SSSR count). The van der Waals surface area contributed by atoms with Crippen LogP contribution >= 0.6 is 0 Å². The molecular formula is C15H11F2NO2. The van der Waals surface area contributed by atoms with E-state index < -0.39 is 41.0 Å². The van der Waals surface area contributed by atoms with Crippen LogP contribution in [-0.2, 0) is 9.59 Å². The van der Waals surface area contributed by atoms with Crippen molar-refractivity contribution in [3.05, 3.63) is 42.0 Å². The number of fused-ring (bicyclic) bond motifs is 5. The lowest BCUT2D eigenvalue weighted by molar-refractivity contribution is -0.123. The van der Waals surface area contributed by atoms with Gasteiger partial charge >= 0.3 is 0 Å². The number of allylic oxidation sites excluding steroid dienone is 2. The molecule has 0 radical (unpaired) electrons. The van der Waals surface area contributed by atoms with Crippen molar-refractivity contribution < 1.29 is 18.4 Å². The van der Waals surface area contributed by atoms with Gasteiger partial charge in [-0.25, -0.2) is 13.7 Å². The molecule has 20 heavy (non-hydrogen) atoms. The van der Waals surface area contributed by atoms with E-state index in [4.69, 9.17) is 0 Å². The molecule has 3 aliphatic rings. The van der Waals surface area contributed by atoms with Gasteiger partial charge in [-0.2, -0.15) is 0 Å². The van der Waals surface area contributed by atoms with Crippen molar-refractivity contribution in [3.8, 4) is 0 Å². The van der Waals surface area contributed by atoms with Crippen LogP contribution in [0.5, 0.6) is 0 Å². The molecule has 5 heteroatoms. The fraction of sp³-hybridized carbons (Fsp3) is 0.333. The Hall–Kier alpha value is -2.04. The number of nitrogens with zero attached hydrogens (tertiary/aromatic N) is 1. The van der Waals surface area contributed by atoms with Gasteiger partial charge < -0.3 is 0 Å². The maximum atomic E-state index is 13.8. The Bertz CT molecular complexity index is 620. The molecule has 2 aliphatic carbocycles. The molecule has 2 fully saturated rings. The molecule has 1 heterocycles. The van der Waals surface area contributed by atoms with Crippen molar-refractivity contribution in [1.82, 2.24) is 0 Å². The maximum absolute atomic E-state index is 13.8. The molecule has 3 nitrogen and oxygen atoms in total. The predicted octanol–water partition coefficient (Wildman–Crippen LogP) is 2.28. The summed E-state index contributed by atoms with van der Waals surface area (Å²) in [7, 11) is 0. The van der Waals surface area contributed by atoms with E-state index in [1.165, 1.54) is 6.07 Å². The lowest BCUT2D eigenvalue weighted by atomic mass is 9.85. The summed E-state index contributed by atoms with van der Waals surface area (Å²) >= 11 is 0. The second-order valence-electron chi connectivity index (χ2n) is 5.58. The zero-order valence-corrected chi connectivity index (χ0v) is 10.4. The number of anilines is 1. The highest BCUT2D eigenvalue weighted by molar-refractivity contribution is 6.22. The Balaban J connectivity index is 1.82. The summed E-state index contributed by atoms with van der Waals surface area (Å²) in [6, 6.07) is 3.32. The average molecular weight is 275 g/mol. The summed E-state index contributed by atoms with van der Waals surface area (Å²) in [5.74, 6) is -3.55. The number of carbonyl (C=O) groups is 2. The molecule has 1 aromatic carbocycles. The molecule has 1 aliphatic heterocycles. The molecule has 4 unspecified atom stereocenters. The van der Waals surface area contributed by atoms with E-state index in [2.05, 4.69) is 0 Å². The Labute approximate surface area is 113 Å². The van der Waals surface area contributed by atoms with Gasteiger partial charge in [0.25, 0.3) is 0 Å². The summed E-state index contributed by atoms with van der Waals surface area (Å²) in [4.78, 5) is 25.6. The summed E-state index contributed by atoms with van der Waals surface area (Å²) in [5.41, 5.74) is -0.531. The molecule has 4 atom stereocenters. The molecule has 1 saturated heterocycles. The Morgan fingerprint density at radius 3 is 1.95 bits per heavy atom. The first-order chi connectivity index (χ1) is 9.59. The summed E-state index contributed by atoms with van der Waals surface area (Å²) in [5, 5.41) is 0. The van der Waals surface area contributed by atoms with Crippen LogP contribution in [0, 0.1) is 35.3 Å². The molecule has 0 spiro atoms. The molecule has 1 aromatic rings. The summed E-state index contributed by atoms with van der Waals surface area (Å²) in [6.45, 7) is 0. The molecule has 102 valence electrons. The van der Waals surface area contributed by atoms with Crippen molar-refractivity contribution >= 4 is 17.5 Å². The number of halogens is 2. The van der Waals surface area contributed by atoms with E-state index in [0.717, 1.165) is 18.6 Å². The molecule has 1 saturated carbocycles. The number of carbonyl (C=O) groups excluding carboxylic acids is 2. The zero-order valence-electron chi connectivity index (χ0n) is 10.4. The van der Waals surface area contributed by atoms with Gasteiger partial charge in [-0.15, -0.1) is 0 Å². The van der Waals surface area contributed by atoms with Crippen LogP contribution in [0.4, 0.5) is 14.5 Å². The van der Waals surface area contributed by atoms with Gasteiger partial charge in [0.2, 0.25) is 11.8 Å². The van der Waals surface area contributed by atoms with E-state index >= 15 is 0 Å². The largest absolute Gasteiger partial charge is 0.274 e. The minimum Gasteiger partial charge on any atom is -0.274 e. The van der Waals surface area contributed by atoms with Crippen LogP contribution in [0.25, 0.3) is 0 Å². The van der Waals surface area contributed by atoms with Gasteiger partial charge in [0.15, 0.2) is 0 Å². The SMILES string of the molecule is O=C1C2C3C=CC(C3)C2C(=O)N1c1c(F)cccc1F. The van der Waals surface area contributed by atoms with Gasteiger partial charge in [0.05, 0.1) is 11.8 Å². The number of para-hydroxylation sites is 1. The third-order valence-electron chi connectivity index (χ3n) is 4.63. The number of rotatable bonds is 1. The monoisotopic (exact) mass is 275 g/mol. The van der Waals surface area contributed by atoms with E-state index in [1.807, 2.05) is 12.2 Å². The normalized spacial score (nSPS) is 34.2. The van der Waals surface area contributed by atoms with Crippen LogP contribution in [0.1, 0.15) is 6.42 Å². The quantitative estimate of drug-likeness (QED) is 0.582. The number of amides is 2. The van der Waals surface area contributed by atoms with E-state index in [-0.39, 0.29) is 11.8 Å². The predicted molar refractivity (Wildman–Crippen MR) is 66.6 cm³/mol. The van der Waals surface area contributed by atoms with E-state index in [1.54, 1.807) is 0 Å². The standard InChI is InChI=1S/C15H11F2NO2/c16-9-2-1-3-10(17)13(9)18-14(19)11-7-4-5-8(6-7)12(11)15(18)20/h1-5,7-8,11-12H,6H2. The van der Waals surface area contributed by atoms with Crippen LogP contribution in [0.15, 0.2) is 30.4 Å². The second-order valence-corrected chi connectivity index (χ2v) is 5.58. The second kappa shape index (κ2) is 3.75. The zero-order chi connectivity index (χ0) is 14.0. The molecule has 2 amide bonds. The number of hydrogen-bond acceptors (Lipinski definition) is 2. The molecule has 0 aromatic heterocycles. The first-order valence-corrected chi connectivity index (χ1v) is 6.59. The summed E-state index contributed by atoms with van der Waals surface area (Å²) < 4.78 is 27.7. The Morgan fingerprint density at radius 1 is 0.950 bits per heavy atom. The lowest BCUT2D eigenvalue weighted by Crippen LogP contribution is -2.34. The molecule has 0 N–H and O–H groups in total. The van der Waals surface area contributed by atoms with Gasteiger partial charge in [-0.1, -0.05) is 18.2 Å². The minimum atomic E-state index is -0.882. The highest BCUT2D eigenvalue weighted by atomic mass is 19.1. The minimum absolute atomic E-state index is 0.0290. The van der Waals surface area contributed by atoms with Crippen molar-refractivity contribution in [3.63, 3.8) is 0 Å². The molecule has 2 bridgehead atoms. The Kier molecular flexibility index (Phi) is 2.20. The van der Waals surface area contributed by atoms with Crippen LogP contribution in [0.3, 0.4) is 0 Å². The van der Waals surface area contributed by atoms with Gasteiger partial charge in [-0.05, 0) is 30.4 Å². The van der Waals surface area contributed by atoms with E-state index in [0.29, 0.717) is 4.90 Å².